The molecule has 1 rings (SSSR count). The predicted molar refractivity (Wildman–Crippen MR) is 54.1 cm³/mol. The Labute approximate surface area is 75.2 Å². The molecule has 12 heavy (non-hydrogen) atoms. The third-order valence-corrected chi connectivity index (χ3v) is 2.72. The summed E-state index contributed by atoms with van der Waals surface area (Å²) in [5.41, 5.74) is 1.37. The Balaban J connectivity index is 2.95. The van der Waals surface area contributed by atoms with Crippen LogP contribution in [0.5, 0.6) is 0 Å². The van der Waals surface area contributed by atoms with E-state index in [1.807, 2.05) is 12.1 Å². The van der Waals surface area contributed by atoms with Crippen LogP contribution in [0, 0.1) is 6.07 Å². The fourth-order valence-electron chi connectivity index (χ4n) is 1.33. The summed E-state index contributed by atoms with van der Waals surface area (Å²) < 4.78 is 1.01. The Morgan fingerprint density at radius 2 is 1.67 bits per heavy atom. The van der Waals surface area contributed by atoms with Crippen molar-refractivity contribution in [1.29, 1.82) is 0 Å². The highest BCUT2D eigenvalue weighted by molar-refractivity contribution is 5.41. The fraction of sp³-hybridized carbons (Fsp3) is 0.455. The minimum absolute atomic E-state index is 1.01. The fourth-order valence-corrected chi connectivity index (χ4v) is 1.33. The van der Waals surface area contributed by atoms with Gasteiger partial charge in [0, 0.05) is 0 Å². The summed E-state index contributed by atoms with van der Waals surface area (Å²) in [5.74, 6) is 0. The summed E-state index contributed by atoms with van der Waals surface area (Å²) in [5, 5.41) is 0. The second-order valence-corrected chi connectivity index (χ2v) is 3.29. The van der Waals surface area contributed by atoms with Gasteiger partial charge < -0.3 is 0 Å². The van der Waals surface area contributed by atoms with Crippen molar-refractivity contribution in [2.45, 2.75) is 13.8 Å². The van der Waals surface area contributed by atoms with E-state index >= 15 is 0 Å². The van der Waals surface area contributed by atoms with Crippen LogP contribution in [0.15, 0.2) is 24.3 Å². The number of benzene rings is 1. The number of quaternary nitrogens is 1. The third kappa shape index (κ3) is 1.67. The molecule has 0 atom stereocenters. The zero-order valence-electron chi connectivity index (χ0n) is 8.17. The summed E-state index contributed by atoms with van der Waals surface area (Å²) >= 11 is 0. The lowest BCUT2D eigenvalue weighted by molar-refractivity contribution is 0.365. The topological polar surface area (TPSA) is 0 Å². The Hall–Kier alpha value is -0.820. The molecule has 1 radical (unpaired) electrons. The molecule has 0 aromatic heterocycles. The average Bonchev–Trinajstić information content (AvgIpc) is 2.18. The Morgan fingerprint density at radius 3 is 2.08 bits per heavy atom. The summed E-state index contributed by atoms with van der Waals surface area (Å²) in [4.78, 5) is 0. The van der Waals surface area contributed by atoms with E-state index < -0.39 is 0 Å². The van der Waals surface area contributed by atoms with E-state index in [1.54, 1.807) is 0 Å². The quantitative estimate of drug-likeness (QED) is 0.600. The molecule has 1 nitrogen and oxygen atoms in total. The van der Waals surface area contributed by atoms with Crippen LogP contribution in [-0.2, 0) is 0 Å². The lowest BCUT2D eigenvalue weighted by Gasteiger charge is -2.31. The summed E-state index contributed by atoms with van der Waals surface area (Å²) in [7, 11) is 2.26. The number of hydrogen-bond acceptors (Lipinski definition) is 0. The summed E-state index contributed by atoms with van der Waals surface area (Å²) in [6.07, 6.45) is 0. The highest BCUT2D eigenvalue weighted by Crippen LogP contribution is 2.18. The van der Waals surface area contributed by atoms with Crippen LogP contribution in [0.1, 0.15) is 13.8 Å². The van der Waals surface area contributed by atoms with Gasteiger partial charge in [0.25, 0.3) is 0 Å². The highest BCUT2D eigenvalue weighted by Gasteiger charge is 2.18. The maximum atomic E-state index is 3.04. The van der Waals surface area contributed by atoms with Gasteiger partial charge in [-0.15, -0.1) is 0 Å². The first-order valence-electron chi connectivity index (χ1n) is 4.54. The molecule has 0 fully saturated rings. The lowest BCUT2D eigenvalue weighted by atomic mass is 10.2. The van der Waals surface area contributed by atoms with E-state index in [9.17, 15) is 0 Å². The molecule has 1 aromatic rings. The van der Waals surface area contributed by atoms with E-state index in [0.717, 1.165) is 17.6 Å². The average molecular weight is 163 g/mol. The van der Waals surface area contributed by atoms with Gasteiger partial charge in [-0.3, -0.25) is 4.48 Å². The van der Waals surface area contributed by atoms with Gasteiger partial charge >= 0.3 is 0 Å². The van der Waals surface area contributed by atoms with Crippen molar-refractivity contribution in [3.8, 4) is 0 Å². The van der Waals surface area contributed by atoms with Gasteiger partial charge in [0.2, 0.25) is 0 Å². The van der Waals surface area contributed by atoms with Crippen LogP contribution in [0.2, 0.25) is 0 Å². The maximum absolute atomic E-state index is 3.04. The van der Waals surface area contributed by atoms with Gasteiger partial charge in [-0.05, 0) is 44.2 Å². The first-order valence-corrected chi connectivity index (χ1v) is 4.54. The van der Waals surface area contributed by atoms with Gasteiger partial charge in [0.1, 0.15) is 5.69 Å². The van der Waals surface area contributed by atoms with Crippen LogP contribution in [0.4, 0.5) is 5.69 Å². The monoisotopic (exact) mass is 163 g/mol. The van der Waals surface area contributed by atoms with Gasteiger partial charge in [-0.25, -0.2) is 0 Å². The molecule has 0 aliphatic carbocycles. The molecule has 0 bridgehead atoms. The number of hydrogen-bond donors (Lipinski definition) is 0. The lowest BCUT2D eigenvalue weighted by Crippen LogP contribution is -2.44. The predicted octanol–water partition coefficient (Wildman–Crippen LogP) is 2.46. The van der Waals surface area contributed by atoms with Crippen LogP contribution in [-0.4, -0.2) is 20.1 Å². The molecule has 1 heteroatoms. The van der Waals surface area contributed by atoms with Crippen molar-refractivity contribution < 1.29 is 0 Å². The Bertz CT molecular complexity index is 224. The molecule has 0 heterocycles. The van der Waals surface area contributed by atoms with Crippen LogP contribution < -0.4 is 4.48 Å². The first kappa shape index (κ1) is 9.27. The van der Waals surface area contributed by atoms with Crippen molar-refractivity contribution in [2.24, 2.45) is 0 Å². The van der Waals surface area contributed by atoms with Crippen LogP contribution in [0.25, 0.3) is 0 Å². The smallest absolute Gasteiger partial charge is 0.132 e. The summed E-state index contributed by atoms with van der Waals surface area (Å²) in [6, 6.07) is 11.3. The van der Waals surface area contributed by atoms with E-state index in [0.29, 0.717) is 0 Å². The molecule has 0 aliphatic heterocycles. The maximum Gasteiger partial charge on any atom is 0.132 e. The molecule has 1 aromatic carbocycles. The van der Waals surface area contributed by atoms with Crippen molar-refractivity contribution in [3.05, 3.63) is 30.3 Å². The zero-order chi connectivity index (χ0) is 9.03. The van der Waals surface area contributed by atoms with Gasteiger partial charge in [-0.2, -0.15) is 0 Å². The molecule has 65 valence electrons. The molecule has 0 unspecified atom stereocenters. The minimum atomic E-state index is 1.01. The minimum Gasteiger partial charge on any atom is -0.294 e. The highest BCUT2D eigenvalue weighted by atomic mass is 15.3. The van der Waals surface area contributed by atoms with Gasteiger partial charge in [0.05, 0.1) is 20.1 Å². The van der Waals surface area contributed by atoms with Gasteiger partial charge in [0.15, 0.2) is 0 Å². The van der Waals surface area contributed by atoms with E-state index in [-0.39, 0.29) is 0 Å². The second-order valence-electron chi connectivity index (χ2n) is 3.29. The van der Waals surface area contributed by atoms with Crippen LogP contribution >= 0.6 is 0 Å². The van der Waals surface area contributed by atoms with Crippen molar-refractivity contribution in [3.63, 3.8) is 0 Å². The largest absolute Gasteiger partial charge is 0.294 e. The van der Waals surface area contributed by atoms with E-state index in [4.69, 9.17) is 0 Å². The molecule has 0 N–H and O–H groups in total. The molecular weight excluding hydrogens is 146 g/mol. The molecule has 0 saturated heterocycles. The van der Waals surface area contributed by atoms with Crippen molar-refractivity contribution in [2.75, 3.05) is 20.1 Å². The molecular formula is C11H17N+. The van der Waals surface area contributed by atoms with E-state index in [2.05, 4.69) is 39.1 Å². The summed E-state index contributed by atoms with van der Waals surface area (Å²) in [6.45, 7) is 6.72. The van der Waals surface area contributed by atoms with Crippen molar-refractivity contribution >= 4 is 5.69 Å². The van der Waals surface area contributed by atoms with Crippen LogP contribution in [0.3, 0.4) is 0 Å². The molecule has 0 aliphatic rings. The number of nitrogens with zero attached hydrogens (tertiary/aromatic N) is 1. The van der Waals surface area contributed by atoms with Gasteiger partial charge in [-0.1, -0.05) is 0 Å². The molecule has 0 spiro atoms. The third-order valence-electron chi connectivity index (χ3n) is 2.72. The second kappa shape index (κ2) is 3.72. The SMILES string of the molecule is CC[N+](C)(CC)c1cc[c]cc1. The normalized spacial score (nSPS) is 11.6. The Kier molecular flexibility index (Phi) is 2.88. The number of rotatable bonds is 3. The van der Waals surface area contributed by atoms with Crippen molar-refractivity contribution in [1.82, 2.24) is 4.48 Å². The zero-order valence-corrected chi connectivity index (χ0v) is 8.17. The Morgan fingerprint density at radius 1 is 1.17 bits per heavy atom. The molecule has 0 amide bonds. The first-order chi connectivity index (χ1) is 5.73. The van der Waals surface area contributed by atoms with E-state index in [1.165, 1.54) is 5.69 Å². The standard InChI is InChI=1S/C11H17N/c1-4-12(3,5-2)11-9-7-6-8-10-11/h7-10H,4-5H2,1-3H3/q+1. The molecule has 0 saturated carbocycles.